The second-order valence-electron chi connectivity index (χ2n) is 4.75. The third-order valence-corrected chi connectivity index (χ3v) is 3.24. The lowest BCUT2D eigenvalue weighted by atomic mass is 9.95. The van der Waals surface area contributed by atoms with Crippen molar-refractivity contribution in [2.75, 3.05) is 19.7 Å². The van der Waals surface area contributed by atoms with Crippen molar-refractivity contribution in [1.82, 2.24) is 10.6 Å². The molecule has 1 aromatic rings. The molecule has 2 rings (SSSR count). The summed E-state index contributed by atoms with van der Waals surface area (Å²) < 4.78 is 5.42. The SMILES string of the molecule is CC1CNCCC1NC(=O)COc1ccccc1. The molecule has 1 fully saturated rings. The minimum Gasteiger partial charge on any atom is -0.484 e. The van der Waals surface area contributed by atoms with Gasteiger partial charge in [-0.3, -0.25) is 4.79 Å². The van der Waals surface area contributed by atoms with Gasteiger partial charge in [0.25, 0.3) is 5.91 Å². The van der Waals surface area contributed by atoms with Gasteiger partial charge >= 0.3 is 0 Å². The zero-order chi connectivity index (χ0) is 12.8. The van der Waals surface area contributed by atoms with E-state index < -0.39 is 0 Å². The van der Waals surface area contributed by atoms with Gasteiger partial charge in [-0.2, -0.15) is 0 Å². The fraction of sp³-hybridized carbons (Fsp3) is 0.500. The van der Waals surface area contributed by atoms with E-state index in [0.717, 1.165) is 25.3 Å². The van der Waals surface area contributed by atoms with Crippen LogP contribution in [0.2, 0.25) is 0 Å². The molecule has 0 radical (unpaired) electrons. The Morgan fingerprint density at radius 1 is 1.44 bits per heavy atom. The van der Waals surface area contributed by atoms with Crippen LogP contribution in [-0.4, -0.2) is 31.6 Å². The van der Waals surface area contributed by atoms with Crippen molar-refractivity contribution in [3.63, 3.8) is 0 Å². The molecule has 0 aliphatic carbocycles. The summed E-state index contributed by atoms with van der Waals surface area (Å²) in [5.74, 6) is 1.16. The first-order chi connectivity index (χ1) is 8.75. The van der Waals surface area contributed by atoms with Crippen LogP contribution in [0.1, 0.15) is 13.3 Å². The maximum absolute atomic E-state index is 11.8. The van der Waals surface area contributed by atoms with Gasteiger partial charge in [-0.15, -0.1) is 0 Å². The first kappa shape index (κ1) is 12.9. The predicted octanol–water partition coefficient (Wildman–Crippen LogP) is 1.18. The van der Waals surface area contributed by atoms with E-state index in [2.05, 4.69) is 17.6 Å². The molecule has 1 aliphatic rings. The molecular weight excluding hydrogens is 228 g/mol. The number of ether oxygens (including phenoxy) is 1. The molecule has 18 heavy (non-hydrogen) atoms. The smallest absolute Gasteiger partial charge is 0.258 e. The number of carbonyl (C=O) groups excluding carboxylic acids is 1. The van der Waals surface area contributed by atoms with Crippen molar-refractivity contribution in [2.45, 2.75) is 19.4 Å². The van der Waals surface area contributed by atoms with Gasteiger partial charge in [0, 0.05) is 6.04 Å². The van der Waals surface area contributed by atoms with Gasteiger partial charge in [-0.05, 0) is 37.6 Å². The Hall–Kier alpha value is -1.55. The molecule has 98 valence electrons. The molecule has 0 aromatic heterocycles. The molecule has 0 saturated carbocycles. The number of hydrogen-bond acceptors (Lipinski definition) is 3. The van der Waals surface area contributed by atoms with Crippen molar-refractivity contribution >= 4 is 5.91 Å². The van der Waals surface area contributed by atoms with Crippen molar-refractivity contribution in [3.8, 4) is 5.75 Å². The lowest BCUT2D eigenvalue weighted by Crippen LogP contribution is -2.49. The fourth-order valence-corrected chi connectivity index (χ4v) is 2.14. The molecule has 0 spiro atoms. The minimum absolute atomic E-state index is 0.0439. The molecule has 2 unspecified atom stereocenters. The second-order valence-corrected chi connectivity index (χ2v) is 4.75. The molecule has 4 heteroatoms. The Morgan fingerprint density at radius 2 is 2.22 bits per heavy atom. The Morgan fingerprint density at radius 3 is 2.94 bits per heavy atom. The largest absolute Gasteiger partial charge is 0.484 e. The monoisotopic (exact) mass is 248 g/mol. The van der Waals surface area contributed by atoms with Crippen molar-refractivity contribution < 1.29 is 9.53 Å². The second kappa shape index (κ2) is 6.40. The summed E-state index contributed by atoms with van der Waals surface area (Å²) in [7, 11) is 0. The molecule has 1 aromatic carbocycles. The summed E-state index contributed by atoms with van der Waals surface area (Å²) >= 11 is 0. The zero-order valence-electron chi connectivity index (χ0n) is 10.7. The molecule has 4 nitrogen and oxygen atoms in total. The van der Waals surface area contributed by atoms with Crippen LogP contribution in [0.15, 0.2) is 30.3 Å². The summed E-state index contributed by atoms with van der Waals surface area (Å²) in [4.78, 5) is 11.8. The Balaban J connectivity index is 1.75. The van der Waals surface area contributed by atoms with E-state index in [4.69, 9.17) is 4.74 Å². The summed E-state index contributed by atoms with van der Waals surface area (Å²) in [6, 6.07) is 9.66. The fourth-order valence-electron chi connectivity index (χ4n) is 2.14. The Bertz CT molecular complexity index is 381. The number of para-hydroxylation sites is 1. The molecule has 1 aliphatic heterocycles. The van der Waals surface area contributed by atoms with E-state index >= 15 is 0 Å². The van der Waals surface area contributed by atoms with Gasteiger partial charge in [0.2, 0.25) is 0 Å². The third kappa shape index (κ3) is 3.74. The highest BCUT2D eigenvalue weighted by atomic mass is 16.5. The van der Waals surface area contributed by atoms with Crippen LogP contribution in [0, 0.1) is 5.92 Å². The van der Waals surface area contributed by atoms with E-state index in [0.29, 0.717) is 5.92 Å². The maximum Gasteiger partial charge on any atom is 0.258 e. The lowest BCUT2D eigenvalue weighted by Gasteiger charge is -2.30. The molecule has 0 bridgehead atoms. The molecular formula is C14H20N2O2. The summed E-state index contributed by atoms with van der Waals surface area (Å²) in [6.45, 7) is 4.16. The van der Waals surface area contributed by atoms with Crippen LogP contribution >= 0.6 is 0 Å². The van der Waals surface area contributed by atoms with E-state index in [1.807, 2.05) is 30.3 Å². The molecule has 2 N–H and O–H groups in total. The van der Waals surface area contributed by atoms with Gasteiger partial charge < -0.3 is 15.4 Å². The van der Waals surface area contributed by atoms with Crippen LogP contribution in [-0.2, 0) is 4.79 Å². The van der Waals surface area contributed by atoms with Crippen molar-refractivity contribution in [3.05, 3.63) is 30.3 Å². The number of nitrogens with one attached hydrogen (secondary N) is 2. The first-order valence-corrected chi connectivity index (χ1v) is 6.43. The highest BCUT2D eigenvalue weighted by Gasteiger charge is 2.22. The normalized spacial score (nSPS) is 23.4. The number of amides is 1. The average Bonchev–Trinajstić information content (AvgIpc) is 2.40. The van der Waals surface area contributed by atoms with E-state index in [1.54, 1.807) is 0 Å². The number of carbonyl (C=O) groups is 1. The van der Waals surface area contributed by atoms with E-state index in [-0.39, 0.29) is 18.6 Å². The zero-order valence-corrected chi connectivity index (χ0v) is 10.7. The lowest BCUT2D eigenvalue weighted by molar-refractivity contribution is -0.124. The standard InChI is InChI=1S/C14H20N2O2/c1-11-9-15-8-7-13(11)16-14(17)10-18-12-5-3-2-4-6-12/h2-6,11,13,15H,7-10H2,1H3,(H,16,17). The Kier molecular flexibility index (Phi) is 4.59. The summed E-state index contributed by atoms with van der Waals surface area (Å²) in [5, 5.41) is 6.35. The van der Waals surface area contributed by atoms with Crippen molar-refractivity contribution in [2.24, 2.45) is 5.92 Å². The number of rotatable bonds is 4. The van der Waals surface area contributed by atoms with Gasteiger partial charge in [-0.1, -0.05) is 25.1 Å². The third-order valence-electron chi connectivity index (χ3n) is 3.24. The molecule has 1 heterocycles. The summed E-state index contributed by atoms with van der Waals surface area (Å²) in [5.41, 5.74) is 0. The highest BCUT2D eigenvalue weighted by molar-refractivity contribution is 5.77. The summed E-state index contributed by atoms with van der Waals surface area (Å²) in [6.07, 6.45) is 0.984. The highest BCUT2D eigenvalue weighted by Crippen LogP contribution is 2.11. The number of piperidine rings is 1. The molecule has 1 saturated heterocycles. The average molecular weight is 248 g/mol. The van der Waals surface area contributed by atoms with Gasteiger partial charge in [0.05, 0.1) is 0 Å². The van der Waals surface area contributed by atoms with Crippen LogP contribution in [0.4, 0.5) is 0 Å². The molecule has 1 amide bonds. The quantitative estimate of drug-likeness (QED) is 0.841. The number of hydrogen-bond donors (Lipinski definition) is 2. The minimum atomic E-state index is -0.0439. The maximum atomic E-state index is 11.8. The Labute approximate surface area is 108 Å². The van der Waals surface area contributed by atoms with Gasteiger partial charge in [0.1, 0.15) is 5.75 Å². The van der Waals surface area contributed by atoms with Crippen LogP contribution in [0.5, 0.6) is 5.75 Å². The van der Waals surface area contributed by atoms with E-state index in [9.17, 15) is 4.79 Å². The van der Waals surface area contributed by atoms with Crippen LogP contribution in [0.3, 0.4) is 0 Å². The molecule has 2 atom stereocenters. The topological polar surface area (TPSA) is 50.4 Å². The first-order valence-electron chi connectivity index (χ1n) is 6.43. The van der Waals surface area contributed by atoms with E-state index in [1.165, 1.54) is 0 Å². The van der Waals surface area contributed by atoms with Crippen molar-refractivity contribution in [1.29, 1.82) is 0 Å². The van der Waals surface area contributed by atoms with Crippen LogP contribution in [0.25, 0.3) is 0 Å². The van der Waals surface area contributed by atoms with Gasteiger partial charge in [-0.25, -0.2) is 0 Å². The van der Waals surface area contributed by atoms with Gasteiger partial charge in [0.15, 0.2) is 6.61 Å². The van der Waals surface area contributed by atoms with Crippen LogP contribution < -0.4 is 15.4 Å². The number of benzene rings is 1. The predicted molar refractivity (Wildman–Crippen MR) is 70.5 cm³/mol.